The number of methoxy groups -OCH3 is 1. The smallest absolute Gasteiger partial charge is 0.150 e. The van der Waals surface area contributed by atoms with Crippen LogP contribution in [0, 0.1) is 0 Å². The first-order chi connectivity index (χ1) is 9.07. The second-order valence-electron chi connectivity index (χ2n) is 4.95. The highest BCUT2D eigenvalue weighted by Gasteiger charge is 2.27. The van der Waals surface area contributed by atoms with Crippen LogP contribution in [0.25, 0.3) is 5.65 Å². The van der Waals surface area contributed by atoms with Crippen molar-refractivity contribution in [1.82, 2.24) is 9.38 Å². The summed E-state index contributed by atoms with van der Waals surface area (Å²) in [4.78, 5) is 4.53. The first kappa shape index (κ1) is 12.5. The van der Waals surface area contributed by atoms with Gasteiger partial charge in [0.2, 0.25) is 0 Å². The van der Waals surface area contributed by atoms with Crippen molar-refractivity contribution in [1.29, 1.82) is 0 Å². The molecule has 1 atom stereocenters. The highest BCUT2D eigenvalue weighted by molar-refractivity contribution is 7.91. The Bertz CT molecular complexity index is 706. The lowest BCUT2D eigenvalue weighted by Gasteiger charge is -2.19. The fourth-order valence-electron chi connectivity index (χ4n) is 2.56. The van der Waals surface area contributed by atoms with E-state index in [1.54, 1.807) is 7.11 Å². The van der Waals surface area contributed by atoms with Gasteiger partial charge in [0.1, 0.15) is 11.4 Å². The number of fused-ring (bicyclic) bond motifs is 1. The van der Waals surface area contributed by atoms with E-state index in [-0.39, 0.29) is 11.7 Å². The normalized spacial score (nSPS) is 22.5. The summed E-state index contributed by atoms with van der Waals surface area (Å²) in [5, 5.41) is 0. The van der Waals surface area contributed by atoms with Crippen LogP contribution in [-0.4, -0.2) is 36.4 Å². The maximum atomic E-state index is 11.7. The van der Waals surface area contributed by atoms with E-state index in [9.17, 15) is 8.42 Å². The van der Waals surface area contributed by atoms with Gasteiger partial charge in [-0.05, 0) is 18.9 Å². The molecule has 1 aliphatic rings. The Kier molecular flexibility index (Phi) is 2.97. The van der Waals surface area contributed by atoms with E-state index < -0.39 is 9.84 Å². The molecule has 0 saturated carbocycles. The van der Waals surface area contributed by atoms with Crippen LogP contribution in [0.15, 0.2) is 24.5 Å². The first-order valence-electron chi connectivity index (χ1n) is 6.30. The molecule has 0 aliphatic carbocycles. The molecular weight excluding hydrogens is 264 g/mol. The molecule has 2 aromatic heterocycles. The lowest BCUT2D eigenvalue weighted by molar-refractivity contribution is 0.414. The van der Waals surface area contributed by atoms with Crippen molar-refractivity contribution in [2.45, 2.75) is 18.8 Å². The molecule has 1 aliphatic heterocycles. The van der Waals surface area contributed by atoms with Gasteiger partial charge in [-0.15, -0.1) is 0 Å². The van der Waals surface area contributed by atoms with E-state index in [1.165, 1.54) is 0 Å². The SMILES string of the molecule is COc1ccn2cc(C3CCCS(=O)(=O)C3)nc2c1. The average molecular weight is 280 g/mol. The van der Waals surface area contributed by atoms with Crippen LogP contribution in [-0.2, 0) is 9.84 Å². The zero-order valence-corrected chi connectivity index (χ0v) is 11.6. The summed E-state index contributed by atoms with van der Waals surface area (Å²) < 4.78 is 30.5. The van der Waals surface area contributed by atoms with Crippen molar-refractivity contribution >= 4 is 15.5 Å². The Hall–Kier alpha value is -1.56. The summed E-state index contributed by atoms with van der Waals surface area (Å²) in [6, 6.07) is 3.71. The number of aromatic nitrogens is 2. The number of imidazole rings is 1. The van der Waals surface area contributed by atoms with Crippen molar-refractivity contribution in [3.05, 3.63) is 30.2 Å². The molecule has 3 heterocycles. The van der Waals surface area contributed by atoms with Crippen LogP contribution in [0.4, 0.5) is 0 Å². The summed E-state index contributed by atoms with van der Waals surface area (Å²) in [5.74, 6) is 1.30. The molecule has 3 rings (SSSR count). The van der Waals surface area contributed by atoms with Gasteiger partial charge in [-0.1, -0.05) is 0 Å². The van der Waals surface area contributed by atoms with Gasteiger partial charge in [0.05, 0.1) is 24.3 Å². The van der Waals surface area contributed by atoms with E-state index in [2.05, 4.69) is 4.98 Å². The van der Waals surface area contributed by atoms with Crippen molar-refractivity contribution < 1.29 is 13.2 Å². The molecular formula is C13H16N2O3S. The predicted octanol–water partition coefficient (Wildman–Crippen LogP) is 1.64. The number of hydrogen-bond acceptors (Lipinski definition) is 4. The zero-order chi connectivity index (χ0) is 13.5. The minimum Gasteiger partial charge on any atom is -0.497 e. The van der Waals surface area contributed by atoms with Crippen molar-refractivity contribution in [2.75, 3.05) is 18.6 Å². The molecule has 1 fully saturated rings. The number of ether oxygens (including phenoxy) is 1. The molecule has 1 saturated heterocycles. The highest BCUT2D eigenvalue weighted by atomic mass is 32.2. The maximum Gasteiger partial charge on any atom is 0.150 e. The van der Waals surface area contributed by atoms with E-state index in [0.29, 0.717) is 5.75 Å². The Morgan fingerprint density at radius 3 is 3.05 bits per heavy atom. The second-order valence-corrected chi connectivity index (χ2v) is 7.18. The Balaban J connectivity index is 1.97. The molecule has 0 amide bonds. The molecule has 0 N–H and O–H groups in total. The Morgan fingerprint density at radius 2 is 2.32 bits per heavy atom. The van der Waals surface area contributed by atoms with Gasteiger partial charge in [0.15, 0.2) is 9.84 Å². The molecule has 102 valence electrons. The molecule has 5 nitrogen and oxygen atoms in total. The molecule has 0 radical (unpaired) electrons. The molecule has 6 heteroatoms. The van der Waals surface area contributed by atoms with Gasteiger partial charge in [-0.25, -0.2) is 13.4 Å². The number of nitrogens with zero attached hydrogens (tertiary/aromatic N) is 2. The summed E-state index contributed by atoms with van der Waals surface area (Å²) in [6.45, 7) is 0. The molecule has 19 heavy (non-hydrogen) atoms. The minimum atomic E-state index is -2.90. The second kappa shape index (κ2) is 4.52. The van der Waals surface area contributed by atoms with E-state index in [1.807, 2.05) is 28.9 Å². The molecule has 2 aromatic rings. The lowest BCUT2D eigenvalue weighted by atomic mass is 10.0. The number of hydrogen-bond donors (Lipinski definition) is 0. The van der Waals surface area contributed by atoms with E-state index in [4.69, 9.17) is 4.74 Å². The topological polar surface area (TPSA) is 60.7 Å². The van der Waals surface area contributed by atoms with Crippen LogP contribution >= 0.6 is 0 Å². The maximum absolute atomic E-state index is 11.7. The van der Waals surface area contributed by atoms with Crippen molar-refractivity contribution in [2.24, 2.45) is 0 Å². The lowest BCUT2D eigenvalue weighted by Crippen LogP contribution is -2.23. The van der Waals surface area contributed by atoms with E-state index in [0.717, 1.165) is 29.9 Å². The average Bonchev–Trinajstić information content (AvgIpc) is 2.80. The van der Waals surface area contributed by atoms with Crippen LogP contribution < -0.4 is 4.74 Å². The van der Waals surface area contributed by atoms with Gasteiger partial charge >= 0.3 is 0 Å². The highest BCUT2D eigenvalue weighted by Crippen LogP contribution is 2.28. The van der Waals surface area contributed by atoms with Crippen LogP contribution in [0.5, 0.6) is 5.75 Å². The van der Waals surface area contributed by atoms with Crippen LogP contribution in [0.1, 0.15) is 24.5 Å². The summed E-state index contributed by atoms with van der Waals surface area (Å²) in [7, 11) is -1.29. The summed E-state index contributed by atoms with van der Waals surface area (Å²) >= 11 is 0. The third kappa shape index (κ3) is 2.45. The fourth-order valence-corrected chi connectivity index (χ4v) is 4.29. The quantitative estimate of drug-likeness (QED) is 0.839. The zero-order valence-electron chi connectivity index (χ0n) is 10.7. The molecule has 1 unspecified atom stereocenters. The predicted molar refractivity (Wildman–Crippen MR) is 72.4 cm³/mol. The van der Waals surface area contributed by atoms with E-state index >= 15 is 0 Å². The summed E-state index contributed by atoms with van der Waals surface area (Å²) in [5.41, 5.74) is 1.65. The monoisotopic (exact) mass is 280 g/mol. The van der Waals surface area contributed by atoms with Gasteiger partial charge in [-0.2, -0.15) is 0 Å². The molecule has 0 aromatic carbocycles. The third-order valence-corrected chi connectivity index (χ3v) is 5.39. The van der Waals surface area contributed by atoms with Gasteiger partial charge < -0.3 is 9.14 Å². The Labute approximate surface area is 112 Å². The molecule has 0 bridgehead atoms. The standard InChI is InChI=1S/C13H16N2O3S/c1-18-11-4-5-15-8-12(14-13(15)7-11)10-3-2-6-19(16,17)9-10/h4-5,7-8,10H,2-3,6,9H2,1H3. The minimum absolute atomic E-state index is 0.0182. The third-order valence-electron chi connectivity index (χ3n) is 3.57. The largest absolute Gasteiger partial charge is 0.497 e. The van der Waals surface area contributed by atoms with Gasteiger partial charge in [0, 0.05) is 24.4 Å². The summed E-state index contributed by atoms with van der Waals surface area (Å²) in [6.07, 6.45) is 5.41. The number of rotatable bonds is 2. The Morgan fingerprint density at radius 1 is 1.47 bits per heavy atom. The number of sulfone groups is 1. The molecule has 0 spiro atoms. The van der Waals surface area contributed by atoms with Crippen molar-refractivity contribution in [3.8, 4) is 5.75 Å². The van der Waals surface area contributed by atoms with Crippen molar-refractivity contribution in [3.63, 3.8) is 0 Å². The van der Waals surface area contributed by atoms with Gasteiger partial charge in [0.25, 0.3) is 0 Å². The van der Waals surface area contributed by atoms with Gasteiger partial charge in [-0.3, -0.25) is 0 Å². The fraction of sp³-hybridized carbons (Fsp3) is 0.462. The van der Waals surface area contributed by atoms with Crippen LogP contribution in [0.2, 0.25) is 0 Å². The number of pyridine rings is 1. The first-order valence-corrected chi connectivity index (χ1v) is 8.12. The van der Waals surface area contributed by atoms with Crippen LogP contribution in [0.3, 0.4) is 0 Å².